The second-order valence-electron chi connectivity index (χ2n) is 4.44. The fourth-order valence-electron chi connectivity index (χ4n) is 1.47. The minimum Gasteiger partial charge on any atom is -0.395 e. The van der Waals surface area contributed by atoms with Crippen molar-refractivity contribution in [3.63, 3.8) is 0 Å². The number of carbonyl (C=O) groups is 1. The zero-order valence-electron chi connectivity index (χ0n) is 11.1. The number of rotatable bonds is 6. The molecule has 0 aliphatic rings. The second-order valence-corrected chi connectivity index (χ2v) is 4.88. The average Bonchev–Trinajstić information content (AvgIpc) is 2.37. The molecule has 0 aromatic heterocycles. The van der Waals surface area contributed by atoms with Crippen LogP contribution in [0.25, 0.3) is 0 Å². The van der Waals surface area contributed by atoms with Crippen LogP contribution in [0.5, 0.6) is 0 Å². The molecule has 0 fully saturated rings. The van der Waals surface area contributed by atoms with Gasteiger partial charge in [-0.15, -0.1) is 0 Å². The molecule has 1 aromatic rings. The highest BCUT2D eigenvalue weighted by Crippen LogP contribution is 2.10. The van der Waals surface area contributed by atoms with Crippen molar-refractivity contribution in [2.45, 2.75) is 13.0 Å². The summed E-state index contributed by atoms with van der Waals surface area (Å²) in [5.74, 6) is -0.150. The minimum absolute atomic E-state index is 0.0146. The standard InChI is InChI=1S/C13H19N3O2S/c1-9(8-17)16(2)7-12(18)15-11-5-3-4-10(6-11)13(14)19/h3-6,9,17H,7-8H2,1-2H3,(H2,14,19)(H,15,18). The number of amides is 1. The van der Waals surface area contributed by atoms with E-state index in [-0.39, 0.29) is 25.1 Å². The molecule has 1 rings (SSSR count). The topological polar surface area (TPSA) is 78.6 Å². The van der Waals surface area contributed by atoms with Crippen molar-refractivity contribution in [1.29, 1.82) is 0 Å². The van der Waals surface area contributed by atoms with Crippen LogP contribution in [0.2, 0.25) is 0 Å². The lowest BCUT2D eigenvalue weighted by molar-refractivity contribution is -0.117. The molecule has 1 atom stereocenters. The Hall–Kier alpha value is -1.50. The highest BCUT2D eigenvalue weighted by molar-refractivity contribution is 7.80. The van der Waals surface area contributed by atoms with Crippen LogP contribution < -0.4 is 11.1 Å². The summed E-state index contributed by atoms with van der Waals surface area (Å²) in [6.45, 7) is 2.07. The van der Waals surface area contributed by atoms with E-state index >= 15 is 0 Å². The Morgan fingerprint density at radius 1 is 1.58 bits per heavy atom. The monoisotopic (exact) mass is 281 g/mol. The Morgan fingerprint density at radius 3 is 2.84 bits per heavy atom. The molecule has 6 heteroatoms. The molecular weight excluding hydrogens is 262 g/mol. The Balaban J connectivity index is 2.62. The molecule has 0 heterocycles. The number of aliphatic hydroxyl groups is 1. The number of anilines is 1. The van der Waals surface area contributed by atoms with Crippen LogP contribution in [0, 0.1) is 0 Å². The van der Waals surface area contributed by atoms with Gasteiger partial charge in [0.25, 0.3) is 0 Å². The first-order valence-corrected chi connectivity index (χ1v) is 6.35. The van der Waals surface area contributed by atoms with E-state index in [4.69, 9.17) is 23.1 Å². The number of hydrogen-bond donors (Lipinski definition) is 3. The maximum absolute atomic E-state index is 11.8. The van der Waals surface area contributed by atoms with Gasteiger partial charge in [-0.1, -0.05) is 24.4 Å². The molecule has 0 radical (unpaired) electrons. The Kier molecular flexibility index (Phi) is 5.88. The molecule has 0 aliphatic carbocycles. The molecule has 1 unspecified atom stereocenters. The number of likely N-dealkylation sites (N-methyl/N-ethyl adjacent to an activating group) is 1. The zero-order chi connectivity index (χ0) is 14.4. The number of benzene rings is 1. The van der Waals surface area contributed by atoms with Gasteiger partial charge in [0.2, 0.25) is 5.91 Å². The first kappa shape index (κ1) is 15.6. The van der Waals surface area contributed by atoms with Gasteiger partial charge in [-0.3, -0.25) is 9.69 Å². The van der Waals surface area contributed by atoms with E-state index in [1.54, 1.807) is 36.2 Å². The number of hydrogen-bond acceptors (Lipinski definition) is 4. The molecule has 4 N–H and O–H groups in total. The third-order valence-corrected chi connectivity index (χ3v) is 3.08. The molecule has 19 heavy (non-hydrogen) atoms. The number of nitrogens with two attached hydrogens (primary N) is 1. The first-order valence-electron chi connectivity index (χ1n) is 5.95. The maximum Gasteiger partial charge on any atom is 0.238 e. The summed E-state index contributed by atoms with van der Waals surface area (Å²) in [6, 6.07) is 7.01. The average molecular weight is 281 g/mol. The van der Waals surface area contributed by atoms with Crippen LogP contribution in [-0.4, -0.2) is 47.1 Å². The van der Waals surface area contributed by atoms with Crippen molar-refractivity contribution in [2.24, 2.45) is 5.73 Å². The number of carbonyl (C=O) groups excluding carboxylic acids is 1. The second kappa shape index (κ2) is 7.18. The lowest BCUT2D eigenvalue weighted by atomic mass is 10.2. The van der Waals surface area contributed by atoms with Gasteiger partial charge < -0.3 is 16.2 Å². The van der Waals surface area contributed by atoms with Gasteiger partial charge in [-0.2, -0.15) is 0 Å². The van der Waals surface area contributed by atoms with E-state index in [2.05, 4.69) is 5.32 Å². The largest absolute Gasteiger partial charge is 0.395 e. The van der Waals surface area contributed by atoms with E-state index in [1.807, 2.05) is 6.92 Å². The fourth-order valence-corrected chi connectivity index (χ4v) is 1.60. The van der Waals surface area contributed by atoms with Crippen LogP contribution >= 0.6 is 12.2 Å². The Labute approximate surface area is 118 Å². The number of nitrogens with one attached hydrogen (secondary N) is 1. The van der Waals surface area contributed by atoms with Gasteiger partial charge in [0.15, 0.2) is 0 Å². The van der Waals surface area contributed by atoms with Gasteiger partial charge in [0.05, 0.1) is 13.2 Å². The quantitative estimate of drug-likeness (QED) is 0.665. The van der Waals surface area contributed by atoms with Crippen LogP contribution in [0.3, 0.4) is 0 Å². The lowest BCUT2D eigenvalue weighted by Gasteiger charge is -2.22. The lowest BCUT2D eigenvalue weighted by Crippen LogP contribution is -2.38. The summed E-state index contributed by atoms with van der Waals surface area (Å²) < 4.78 is 0. The number of nitrogens with zero attached hydrogens (tertiary/aromatic N) is 1. The van der Waals surface area contributed by atoms with Crippen molar-refractivity contribution in [3.8, 4) is 0 Å². The zero-order valence-corrected chi connectivity index (χ0v) is 11.9. The van der Waals surface area contributed by atoms with E-state index in [1.165, 1.54) is 0 Å². The van der Waals surface area contributed by atoms with Crippen molar-refractivity contribution in [2.75, 3.05) is 25.5 Å². The van der Waals surface area contributed by atoms with Crippen molar-refractivity contribution >= 4 is 28.8 Å². The maximum atomic E-state index is 11.8. The molecule has 0 saturated carbocycles. The van der Waals surface area contributed by atoms with E-state index < -0.39 is 0 Å². The summed E-state index contributed by atoms with van der Waals surface area (Å²) in [5.41, 5.74) is 6.90. The highest BCUT2D eigenvalue weighted by Gasteiger charge is 2.12. The third kappa shape index (κ3) is 4.94. The van der Waals surface area contributed by atoms with Crippen LogP contribution in [0.15, 0.2) is 24.3 Å². The van der Waals surface area contributed by atoms with Crippen molar-refractivity contribution in [1.82, 2.24) is 4.90 Å². The Morgan fingerprint density at radius 2 is 2.26 bits per heavy atom. The Bertz CT molecular complexity index is 465. The van der Waals surface area contributed by atoms with Crippen LogP contribution in [0.1, 0.15) is 12.5 Å². The summed E-state index contributed by atoms with van der Waals surface area (Å²) in [6.07, 6.45) is 0. The molecule has 1 amide bonds. The van der Waals surface area contributed by atoms with Gasteiger partial charge in [0.1, 0.15) is 4.99 Å². The minimum atomic E-state index is -0.150. The summed E-state index contributed by atoms with van der Waals surface area (Å²) in [7, 11) is 1.78. The van der Waals surface area contributed by atoms with Crippen molar-refractivity contribution < 1.29 is 9.90 Å². The molecule has 0 aliphatic heterocycles. The number of aliphatic hydroxyl groups excluding tert-OH is 1. The van der Waals surface area contributed by atoms with Gasteiger partial charge >= 0.3 is 0 Å². The predicted octanol–water partition coefficient (Wildman–Crippen LogP) is 0.572. The number of thiocarbonyl (C=S) groups is 1. The molecule has 1 aromatic carbocycles. The van der Waals surface area contributed by atoms with E-state index in [0.717, 1.165) is 0 Å². The summed E-state index contributed by atoms with van der Waals surface area (Å²) >= 11 is 4.88. The third-order valence-electron chi connectivity index (χ3n) is 2.84. The van der Waals surface area contributed by atoms with Crippen molar-refractivity contribution in [3.05, 3.63) is 29.8 Å². The SMILES string of the molecule is CC(CO)N(C)CC(=O)Nc1cccc(C(N)=S)c1. The van der Waals surface area contributed by atoms with Gasteiger partial charge in [0, 0.05) is 17.3 Å². The predicted molar refractivity (Wildman–Crippen MR) is 80.1 cm³/mol. The van der Waals surface area contributed by atoms with E-state index in [0.29, 0.717) is 16.2 Å². The highest BCUT2D eigenvalue weighted by atomic mass is 32.1. The van der Waals surface area contributed by atoms with Crippen LogP contribution in [-0.2, 0) is 4.79 Å². The fraction of sp³-hybridized carbons (Fsp3) is 0.385. The van der Waals surface area contributed by atoms with Crippen LogP contribution in [0.4, 0.5) is 5.69 Å². The normalized spacial score (nSPS) is 12.2. The molecule has 0 spiro atoms. The summed E-state index contributed by atoms with van der Waals surface area (Å²) in [4.78, 5) is 13.9. The van der Waals surface area contributed by atoms with E-state index in [9.17, 15) is 4.79 Å². The smallest absolute Gasteiger partial charge is 0.238 e. The molecule has 0 bridgehead atoms. The molecule has 5 nitrogen and oxygen atoms in total. The van der Waals surface area contributed by atoms with Gasteiger partial charge in [-0.25, -0.2) is 0 Å². The van der Waals surface area contributed by atoms with Gasteiger partial charge in [-0.05, 0) is 26.1 Å². The first-order chi connectivity index (χ1) is 8.93. The molecule has 104 valence electrons. The molecule has 0 saturated heterocycles. The molecular formula is C13H19N3O2S. The summed E-state index contributed by atoms with van der Waals surface area (Å²) in [5, 5.41) is 11.8.